The van der Waals surface area contributed by atoms with Gasteiger partial charge in [-0.2, -0.15) is 0 Å². The van der Waals surface area contributed by atoms with Gasteiger partial charge in [0, 0.05) is 13.3 Å². The molecule has 1 aliphatic rings. The van der Waals surface area contributed by atoms with Crippen LogP contribution in [0.4, 0.5) is 0 Å². The molecule has 0 aromatic carbocycles. The van der Waals surface area contributed by atoms with Crippen LogP contribution in [0, 0.1) is 0 Å². The highest BCUT2D eigenvalue weighted by molar-refractivity contribution is 5.69. The van der Waals surface area contributed by atoms with Gasteiger partial charge in [-0.15, -0.1) is 6.58 Å². The first-order chi connectivity index (χ1) is 9.33. The van der Waals surface area contributed by atoms with Crippen molar-refractivity contribution < 1.29 is 29.3 Å². The third-order valence-corrected chi connectivity index (χ3v) is 2.97. The Bertz CT molecular complexity index is 414. The van der Waals surface area contributed by atoms with Gasteiger partial charge in [0.25, 0.3) is 0 Å². The van der Waals surface area contributed by atoms with Crippen molar-refractivity contribution in [2.75, 3.05) is 0 Å². The number of esters is 1. The highest BCUT2D eigenvalue weighted by Gasteiger charge is 2.39. The second-order valence-electron chi connectivity index (χ2n) is 4.83. The summed E-state index contributed by atoms with van der Waals surface area (Å²) in [6, 6.07) is 0. The van der Waals surface area contributed by atoms with Crippen LogP contribution in [0.2, 0.25) is 0 Å². The van der Waals surface area contributed by atoms with Crippen molar-refractivity contribution in [2.24, 2.45) is 0 Å². The quantitative estimate of drug-likeness (QED) is 0.559. The van der Waals surface area contributed by atoms with Crippen molar-refractivity contribution in [1.82, 2.24) is 0 Å². The molecule has 20 heavy (non-hydrogen) atoms. The summed E-state index contributed by atoms with van der Waals surface area (Å²) in [6.07, 6.45) is 0.641. The summed E-state index contributed by atoms with van der Waals surface area (Å²) in [4.78, 5) is 21.6. The predicted molar refractivity (Wildman–Crippen MR) is 71.0 cm³/mol. The summed E-state index contributed by atoms with van der Waals surface area (Å²) >= 11 is 0. The molecule has 1 fully saturated rings. The molecule has 0 bridgehead atoms. The molecule has 0 spiro atoms. The van der Waals surface area contributed by atoms with Crippen molar-refractivity contribution in [3.63, 3.8) is 0 Å². The number of carbonyl (C=O) groups is 2. The van der Waals surface area contributed by atoms with Gasteiger partial charge in [-0.3, -0.25) is 9.59 Å². The Hall–Kier alpha value is -1.66. The molecule has 0 radical (unpaired) electrons. The molecular weight excluding hydrogens is 264 g/mol. The number of carboxylic acids is 1. The number of aliphatic hydroxyl groups is 1. The highest BCUT2D eigenvalue weighted by atomic mass is 16.6. The molecule has 0 aromatic heterocycles. The number of rotatable bonds is 6. The van der Waals surface area contributed by atoms with Crippen LogP contribution in [-0.4, -0.2) is 46.6 Å². The van der Waals surface area contributed by atoms with Crippen LogP contribution in [0.3, 0.4) is 0 Å². The molecule has 1 saturated heterocycles. The van der Waals surface area contributed by atoms with E-state index < -0.39 is 30.3 Å². The first-order valence-electron chi connectivity index (χ1n) is 6.36. The molecule has 6 nitrogen and oxygen atoms in total. The normalized spacial score (nSPS) is 27.9. The zero-order valence-electron chi connectivity index (χ0n) is 11.6. The lowest BCUT2D eigenvalue weighted by Gasteiger charge is -2.21. The van der Waals surface area contributed by atoms with Gasteiger partial charge in [0.15, 0.2) is 0 Å². The fourth-order valence-electron chi connectivity index (χ4n) is 2.17. The maximum absolute atomic E-state index is 11.1. The van der Waals surface area contributed by atoms with Crippen LogP contribution >= 0.6 is 0 Å². The van der Waals surface area contributed by atoms with Crippen LogP contribution in [-0.2, 0) is 19.1 Å². The Morgan fingerprint density at radius 2 is 2.15 bits per heavy atom. The van der Waals surface area contributed by atoms with Crippen molar-refractivity contribution in [3.05, 3.63) is 24.3 Å². The number of hydrogen-bond donors (Lipinski definition) is 2. The van der Waals surface area contributed by atoms with Gasteiger partial charge in [-0.1, -0.05) is 17.7 Å². The van der Waals surface area contributed by atoms with E-state index in [-0.39, 0.29) is 12.5 Å². The van der Waals surface area contributed by atoms with Crippen LogP contribution in [0.15, 0.2) is 24.3 Å². The smallest absolute Gasteiger partial charge is 0.307 e. The monoisotopic (exact) mass is 284 g/mol. The first-order valence-corrected chi connectivity index (χ1v) is 6.36. The van der Waals surface area contributed by atoms with Crippen molar-refractivity contribution in [3.8, 4) is 0 Å². The third-order valence-electron chi connectivity index (χ3n) is 2.97. The molecule has 1 rings (SSSR count). The van der Waals surface area contributed by atoms with E-state index >= 15 is 0 Å². The lowest BCUT2D eigenvalue weighted by molar-refractivity contribution is -0.151. The van der Waals surface area contributed by atoms with Gasteiger partial charge in [0.05, 0.1) is 12.5 Å². The summed E-state index contributed by atoms with van der Waals surface area (Å²) in [7, 11) is 0. The lowest BCUT2D eigenvalue weighted by Crippen LogP contribution is -2.36. The summed E-state index contributed by atoms with van der Waals surface area (Å²) in [5.41, 5.74) is 0.511. The van der Waals surface area contributed by atoms with Gasteiger partial charge < -0.3 is 19.7 Å². The highest BCUT2D eigenvalue weighted by Crippen LogP contribution is 2.27. The predicted octanol–water partition coefficient (Wildman–Crippen LogP) is 1.04. The lowest BCUT2D eigenvalue weighted by atomic mass is 10.0. The van der Waals surface area contributed by atoms with Crippen LogP contribution in [0.25, 0.3) is 0 Å². The average Bonchev–Trinajstić information content (AvgIpc) is 2.69. The maximum atomic E-state index is 11.1. The Balaban J connectivity index is 2.76. The van der Waals surface area contributed by atoms with Crippen LogP contribution in [0.5, 0.6) is 0 Å². The molecule has 0 aliphatic carbocycles. The molecule has 6 heteroatoms. The fourth-order valence-corrected chi connectivity index (χ4v) is 2.17. The molecule has 4 atom stereocenters. The van der Waals surface area contributed by atoms with E-state index in [0.717, 1.165) is 0 Å². The second-order valence-corrected chi connectivity index (χ2v) is 4.83. The van der Waals surface area contributed by atoms with Gasteiger partial charge in [-0.05, 0) is 6.92 Å². The van der Waals surface area contributed by atoms with Crippen molar-refractivity contribution in [2.45, 2.75) is 51.1 Å². The average molecular weight is 284 g/mol. The zero-order valence-corrected chi connectivity index (χ0v) is 11.6. The van der Waals surface area contributed by atoms with Crippen molar-refractivity contribution in [1.29, 1.82) is 0 Å². The standard InChI is InChI=1S/C14H20O6/c1-4-10-7-12(19-9(3)15)14(20-10)11(16)5-8(2)6-13(17)18/h4-5,10-12,14,16H,1,6-7H2,2-3H3,(H,17,18)/b8-5+/t10-,11-,12-,14-/m1/s1. The molecule has 112 valence electrons. The molecule has 0 unspecified atom stereocenters. The number of aliphatic carboxylic acids is 1. The van der Waals surface area contributed by atoms with E-state index in [1.165, 1.54) is 13.0 Å². The van der Waals surface area contributed by atoms with Gasteiger partial charge >= 0.3 is 11.9 Å². The zero-order chi connectivity index (χ0) is 15.3. The minimum Gasteiger partial charge on any atom is -0.481 e. The largest absolute Gasteiger partial charge is 0.481 e. The van der Waals surface area contributed by atoms with Crippen LogP contribution in [0.1, 0.15) is 26.7 Å². The molecule has 0 amide bonds. The van der Waals surface area contributed by atoms with E-state index in [0.29, 0.717) is 12.0 Å². The number of carbonyl (C=O) groups excluding carboxylic acids is 1. The molecule has 0 saturated carbocycles. The van der Waals surface area contributed by atoms with E-state index in [2.05, 4.69) is 6.58 Å². The number of hydrogen-bond acceptors (Lipinski definition) is 5. The molecule has 1 aliphatic heterocycles. The summed E-state index contributed by atoms with van der Waals surface area (Å²) < 4.78 is 10.7. The van der Waals surface area contributed by atoms with E-state index in [4.69, 9.17) is 14.6 Å². The van der Waals surface area contributed by atoms with E-state index in [1.54, 1.807) is 13.0 Å². The second kappa shape index (κ2) is 7.21. The van der Waals surface area contributed by atoms with E-state index in [1.807, 2.05) is 0 Å². The molecule has 0 aromatic rings. The molecular formula is C14H20O6. The Labute approximate surface area is 117 Å². The minimum absolute atomic E-state index is 0.160. The fraction of sp³-hybridized carbons (Fsp3) is 0.571. The van der Waals surface area contributed by atoms with Crippen molar-refractivity contribution >= 4 is 11.9 Å². The number of carboxylic acid groups (broad SMARTS) is 1. The number of ether oxygens (including phenoxy) is 2. The summed E-state index contributed by atoms with van der Waals surface area (Å²) in [6.45, 7) is 6.51. The van der Waals surface area contributed by atoms with Gasteiger partial charge in [0.1, 0.15) is 18.3 Å². The van der Waals surface area contributed by atoms with Gasteiger partial charge in [0.2, 0.25) is 0 Å². The summed E-state index contributed by atoms with van der Waals surface area (Å²) in [5, 5.41) is 18.8. The molecule has 1 heterocycles. The minimum atomic E-state index is -1.04. The van der Waals surface area contributed by atoms with Gasteiger partial charge in [-0.25, -0.2) is 0 Å². The number of aliphatic hydroxyl groups excluding tert-OH is 1. The third kappa shape index (κ3) is 4.79. The SMILES string of the molecule is C=C[C@@H]1C[C@@H](OC(C)=O)[C@@H]([C@H](O)/C=C(\C)CC(=O)O)O1. The Morgan fingerprint density at radius 1 is 1.50 bits per heavy atom. The Kier molecular flexibility index (Phi) is 5.91. The topological polar surface area (TPSA) is 93.1 Å². The molecule has 2 N–H and O–H groups in total. The Morgan fingerprint density at radius 3 is 2.65 bits per heavy atom. The van der Waals surface area contributed by atoms with Crippen LogP contribution < -0.4 is 0 Å². The van der Waals surface area contributed by atoms with E-state index in [9.17, 15) is 14.7 Å². The summed E-state index contributed by atoms with van der Waals surface area (Å²) in [5.74, 6) is -1.43. The first kappa shape index (κ1) is 16.4. The maximum Gasteiger partial charge on any atom is 0.307 e.